The molecule has 2 aromatic carbocycles. The highest BCUT2D eigenvalue weighted by Crippen LogP contribution is 2.43. The molecule has 2 aliphatic rings. The molecule has 2 aromatic rings. The second-order valence-electron chi connectivity index (χ2n) is 5.68. The highest BCUT2D eigenvalue weighted by atomic mass is 19.1. The summed E-state index contributed by atoms with van der Waals surface area (Å²) in [4.78, 5) is 4.57. The van der Waals surface area contributed by atoms with Crippen molar-refractivity contribution in [3.63, 3.8) is 0 Å². The van der Waals surface area contributed by atoms with Gasteiger partial charge in [0.15, 0.2) is 0 Å². The number of amidine groups is 1. The summed E-state index contributed by atoms with van der Waals surface area (Å²) in [5, 5.41) is 3.54. The first kappa shape index (κ1) is 12.6. The van der Waals surface area contributed by atoms with E-state index < -0.39 is 0 Å². The fourth-order valence-corrected chi connectivity index (χ4v) is 3.32. The van der Waals surface area contributed by atoms with Crippen LogP contribution in [-0.4, -0.2) is 12.4 Å². The molecule has 0 bridgehead atoms. The monoisotopic (exact) mass is 280 g/mol. The predicted octanol–water partition coefficient (Wildman–Crippen LogP) is 4.07. The fraction of sp³-hybridized carbons (Fsp3) is 0.278. The molecule has 1 aliphatic carbocycles. The van der Waals surface area contributed by atoms with Crippen LogP contribution in [0.3, 0.4) is 0 Å². The second kappa shape index (κ2) is 4.99. The van der Waals surface area contributed by atoms with Gasteiger partial charge in [-0.15, -0.1) is 0 Å². The molecule has 1 unspecified atom stereocenters. The molecule has 0 fully saturated rings. The van der Waals surface area contributed by atoms with Crippen LogP contribution in [0.15, 0.2) is 47.5 Å². The first-order chi connectivity index (χ1) is 10.3. The number of halogens is 1. The van der Waals surface area contributed by atoms with Crippen molar-refractivity contribution >= 4 is 5.84 Å². The Kier molecular flexibility index (Phi) is 2.99. The Morgan fingerprint density at radius 2 is 1.86 bits per heavy atom. The lowest BCUT2D eigenvalue weighted by molar-refractivity contribution is 0.621. The lowest BCUT2D eigenvalue weighted by atomic mass is 10.0. The van der Waals surface area contributed by atoms with E-state index in [1.54, 1.807) is 6.07 Å². The van der Waals surface area contributed by atoms with E-state index in [4.69, 9.17) is 0 Å². The van der Waals surface area contributed by atoms with Gasteiger partial charge < -0.3 is 5.32 Å². The number of fused-ring (bicyclic) bond motifs is 3. The number of rotatable bonds is 1. The zero-order chi connectivity index (χ0) is 14.2. The summed E-state index contributed by atoms with van der Waals surface area (Å²) in [6, 6.07) is 13.4. The molecule has 0 spiro atoms. The van der Waals surface area contributed by atoms with E-state index in [9.17, 15) is 4.39 Å². The maximum absolute atomic E-state index is 13.7. The van der Waals surface area contributed by atoms with Gasteiger partial charge in [0.05, 0.1) is 11.9 Å². The average molecular weight is 280 g/mol. The van der Waals surface area contributed by atoms with Gasteiger partial charge in [0.25, 0.3) is 0 Å². The largest absolute Gasteiger partial charge is 0.363 e. The van der Waals surface area contributed by atoms with E-state index in [1.807, 2.05) is 18.2 Å². The lowest BCUT2D eigenvalue weighted by Gasteiger charge is -2.21. The van der Waals surface area contributed by atoms with Gasteiger partial charge in [-0.3, -0.25) is 4.99 Å². The Hall–Kier alpha value is -2.16. The molecule has 0 aromatic heterocycles. The van der Waals surface area contributed by atoms with Gasteiger partial charge in [0.2, 0.25) is 0 Å². The van der Waals surface area contributed by atoms with E-state index in [1.165, 1.54) is 23.6 Å². The van der Waals surface area contributed by atoms with Crippen LogP contribution in [0.5, 0.6) is 0 Å². The van der Waals surface area contributed by atoms with Crippen molar-refractivity contribution in [3.05, 3.63) is 59.4 Å². The highest BCUT2D eigenvalue weighted by Gasteiger charge is 2.29. The molecule has 0 radical (unpaired) electrons. The number of nitrogens with one attached hydrogen (secondary N) is 1. The predicted molar refractivity (Wildman–Crippen MR) is 83.0 cm³/mol. The summed E-state index contributed by atoms with van der Waals surface area (Å²) in [6.45, 7) is 0.896. The third-order valence-corrected chi connectivity index (χ3v) is 4.32. The van der Waals surface area contributed by atoms with Crippen LogP contribution in [0.4, 0.5) is 4.39 Å². The minimum Gasteiger partial charge on any atom is -0.363 e. The van der Waals surface area contributed by atoms with Crippen molar-refractivity contribution in [1.82, 2.24) is 5.32 Å². The molecule has 1 aliphatic heterocycles. The number of aliphatic imine (C=N–C) groups is 1. The van der Waals surface area contributed by atoms with Gasteiger partial charge in [0.1, 0.15) is 5.82 Å². The normalized spacial score (nSPS) is 19.7. The Labute approximate surface area is 123 Å². The summed E-state index contributed by atoms with van der Waals surface area (Å²) >= 11 is 0. The van der Waals surface area contributed by atoms with Crippen LogP contribution in [-0.2, 0) is 0 Å². The molecule has 3 heteroatoms. The first-order valence-electron chi connectivity index (χ1n) is 7.51. The first-order valence-corrected chi connectivity index (χ1v) is 7.51. The molecule has 0 saturated carbocycles. The quantitative estimate of drug-likeness (QED) is 0.836. The summed E-state index contributed by atoms with van der Waals surface area (Å²) in [6.07, 6.45) is 3.33. The zero-order valence-corrected chi connectivity index (χ0v) is 11.8. The van der Waals surface area contributed by atoms with Gasteiger partial charge >= 0.3 is 0 Å². The number of hydrogen-bond donors (Lipinski definition) is 1. The number of nitrogens with zero attached hydrogens (tertiary/aromatic N) is 1. The minimum atomic E-state index is -0.182. The summed E-state index contributed by atoms with van der Waals surface area (Å²) < 4.78 is 13.7. The minimum absolute atomic E-state index is 0.0174. The average Bonchev–Trinajstić information content (AvgIpc) is 2.82. The van der Waals surface area contributed by atoms with Crippen LogP contribution in [0.1, 0.15) is 36.4 Å². The molecular weight excluding hydrogens is 263 g/mol. The fourth-order valence-electron chi connectivity index (χ4n) is 3.32. The van der Waals surface area contributed by atoms with Gasteiger partial charge in [-0.05, 0) is 47.2 Å². The SMILES string of the molecule is Fc1ccc2c(c1)C(NC1=NCCCC1)c1ccccc1-2. The van der Waals surface area contributed by atoms with Crippen molar-refractivity contribution < 1.29 is 4.39 Å². The third-order valence-electron chi connectivity index (χ3n) is 4.32. The molecule has 2 nitrogen and oxygen atoms in total. The van der Waals surface area contributed by atoms with Gasteiger partial charge in [0, 0.05) is 13.0 Å². The Morgan fingerprint density at radius 3 is 2.71 bits per heavy atom. The van der Waals surface area contributed by atoms with Crippen LogP contribution in [0.2, 0.25) is 0 Å². The van der Waals surface area contributed by atoms with Crippen LogP contribution in [0, 0.1) is 5.82 Å². The molecule has 0 saturated heterocycles. The lowest BCUT2D eigenvalue weighted by Crippen LogP contribution is -2.29. The van der Waals surface area contributed by atoms with Crippen LogP contribution in [0.25, 0.3) is 11.1 Å². The van der Waals surface area contributed by atoms with Gasteiger partial charge in [-0.1, -0.05) is 30.3 Å². The third kappa shape index (κ3) is 2.13. The van der Waals surface area contributed by atoms with Crippen LogP contribution >= 0.6 is 0 Å². The van der Waals surface area contributed by atoms with Crippen molar-refractivity contribution in [1.29, 1.82) is 0 Å². The molecule has 21 heavy (non-hydrogen) atoms. The number of hydrogen-bond acceptors (Lipinski definition) is 2. The molecule has 1 N–H and O–H groups in total. The van der Waals surface area contributed by atoms with Gasteiger partial charge in [-0.25, -0.2) is 4.39 Å². The van der Waals surface area contributed by atoms with Crippen molar-refractivity contribution in [2.45, 2.75) is 25.3 Å². The van der Waals surface area contributed by atoms with E-state index in [2.05, 4.69) is 22.4 Å². The van der Waals surface area contributed by atoms with E-state index >= 15 is 0 Å². The molecule has 106 valence electrons. The van der Waals surface area contributed by atoms with Gasteiger partial charge in [-0.2, -0.15) is 0 Å². The van der Waals surface area contributed by atoms with E-state index in [0.29, 0.717) is 0 Å². The smallest absolute Gasteiger partial charge is 0.123 e. The standard InChI is InChI=1S/C18H17FN2/c19-12-8-9-14-13-5-1-2-6-15(13)18(16(14)11-12)21-17-7-3-4-10-20-17/h1-2,5-6,8-9,11,18H,3-4,7,10H2,(H,20,21). The zero-order valence-electron chi connectivity index (χ0n) is 11.8. The van der Waals surface area contributed by atoms with E-state index in [0.717, 1.165) is 36.3 Å². The van der Waals surface area contributed by atoms with Crippen molar-refractivity contribution in [3.8, 4) is 11.1 Å². The molecular formula is C18H17FN2. The summed E-state index contributed by atoms with van der Waals surface area (Å²) in [7, 11) is 0. The Bertz CT molecular complexity index is 721. The topological polar surface area (TPSA) is 24.4 Å². The summed E-state index contributed by atoms with van der Waals surface area (Å²) in [5.74, 6) is 0.872. The van der Waals surface area contributed by atoms with Crippen molar-refractivity contribution in [2.75, 3.05) is 6.54 Å². The molecule has 0 amide bonds. The summed E-state index contributed by atoms with van der Waals surface area (Å²) in [5.41, 5.74) is 4.55. The number of benzene rings is 2. The maximum atomic E-state index is 13.7. The van der Waals surface area contributed by atoms with E-state index in [-0.39, 0.29) is 11.9 Å². The second-order valence-corrected chi connectivity index (χ2v) is 5.68. The van der Waals surface area contributed by atoms with Crippen LogP contribution < -0.4 is 5.32 Å². The molecule has 4 rings (SSSR count). The molecule has 1 atom stereocenters. The Morgan fingerprint density at radius 1 is 1.00 bits per heavy atom. The Balaban J connectivity index is 1.79. The maximum Gasteiger partial charge on any atom is 0.123 e. The molecule has 1 heterocycles. The van der Waals surface area contributed by atoms with Crippen molar-refractivity contribution in [2.24, 2.45) is 4.99 Å². The highest BCUT2D eigenvalue weighted by molar-refractivity contribution is 5.86.